The quantitative estimate of drug-likeness (QED) is 0.793. The van der Waals surface area contributed by atoms with Crippen LogP contribution in [0.1, 0.15) is 12.0 Å². The summed E-state index contributed by atoms with van der Waals surface area (Å²) in [6.45, 7) is 0. The molecular formula is C10H10F2O2S. The molecule has 0 aliphatic carbocycles. The Kier molecular flexibility index (Phi) is 4.55. The molecule has 0 unspecified atom stereocenters. The number of carboxylic acid groups (broad SMARTS) is 1. The van der Waals surface area contributed by atoms with Gasteiger partial charge in [-0.1, -0.05) is 12.1 Å². The fourth-order valence-corrected chi connectivity index (χ4v) is 1.91. The second-order valence-corrected chi connectivity index (χ2v) is 4.01. The van der Waals surface area contributed by atoms with E-state index in [4.69, 9.17) is 5.11 Å². The second kappa shape index (κ2) is 5.70. The molecule has 0 heterocycles. The molecule has 0 fully saturated rings. The standard InChI is InChI=1S/C10H10F2O2S/c11-8-3-1-2-7(10(8)12)6-15-5-4-9(13)14/h1-3H,4-6H2,(H,13,14). The molecule has 15 heavy (non-hydrogen) atoms. The van der Waals surface area contributed by atoms with Gasteiger partial charge in [0, 0.05) is 17.1 Å². The largest absolute Gasteiger partial charge is 0.481 e. The molecule has 0 saturated carbocycles. The van der Waals surface area contributed by atoms with E-state index in [0.29, 0.717) is 5.75 Å². The number of thioether (sulfide) groups is 1. The van der Waals surface area contributed by atoms with E-state index < -0.39 is 17.6 Å². The molecule has 82 valence electrons. The first kappa shape index (κ1) is 12.0. The van der Waals surface area contributed by atoms with E-state index in [0.717, 1.165) is 6.07 Å². The summed E-state index contributed by atoms with van der Waals surface area (Å²) in [7, 11) is 0. The van der Waals surface area contributed by atoms with Crippen molar-refractivity contribution in [2.75, 3.05) is 5.75 Å². The maximum Gasteiger partial charge on any atom is 0.304 e. The Balaban J connectivity index is 2.44. The van der Waals surface area contributed by atoms with Gasteiger partial charge >= 0.3 is 5.97 Å². The summed E-state index contributed by atoms with van der Waals surface area (Å²) >= 11 is 1.27. The monoisotopic (exact) mass is 232 g/mol. The van der Waals surface area contributed by atoms with Crippen LogP contribution in [0.5, 0.6) is 0 Å². The van der Waals surface area contributed by atoms with Crippen LogP contribution in [0.15, 0.2) is 18.2 Å². The second-order valence-electron chi connectivity index (χ2n) is 2.91. The van der Waals surface area contributed by atoms with Gasteiger partial charge in [-0.2, -0.15) is 11.8 Å². The van der Waals surface area contributed by atoms with Crippen LogP contribution in [0, 0.1) is 11.6 Å². The van der Waals surface area contributed by atoms with Crippen LogP contribution < -0.4 is 0 Å². The van der Waals surface area contributed by atoms with Gasteiger partial charge in [-0.05, 0) is 6.07 Å². The number of carboxylic acids is 1. The zero-order valence-corrected chi connectivity index (χ0v) is 8.69. The SMILES string of the molecule is O=C(O)CCSCc1cccc(F)c1F. The molecular weight excluding hydrogens is 222 g/mol. The third-order valence-electron chi connectivity index (χ3n) is 1.75. The Morgan fingerprint density at radius 2 is 2.13 bits per heavy atom. The van der Waals surface area contributed by atoms with Gasteiger partial charge in [0.15, 0.2) is 11.6 Å². The van der Waals surface area contributed by atoms with Crippen molar-refractivity contribution in [2.45, 2.75) is 12.2 Å². The van der Waals surface area contributed by atoms with Gasteiger partial charge in [-0.15, -0.1) is 0 Å². The molecule has 0 bridgehead atoms. The molecule has 2 nitrogen and oxygen atoms in total. The summed E-state index contributed by atoms with van der Waals surface area (Å²) in [5.74, 6) is -1.92. The summed E-state index contributed by atoms with van der Waals surface area (Å²) in [5, 5.41) is 8.36. The molecule has 1 aromatic carbocycles. The Morgan fingerprint density at radius 3 is 2.80 bits per heavy atom. The van der Waals surface area contributed by atoms with E-state index in [2.05, 4.69) is 0 Å². The van der Waals surface area contributed by atoms with E-state index in [1.165, 1.54) is 23.9 Å². The molecule has 0 radical (unpaired) electrons. The van der Waals surface area contributed by atoms with Crippen molar-refractivity contribution in [2.24, 2.45) is 0 Å². The number of aliphatic carboxylic acids is 1. The highest BCUT2D eigenvalue weighted by atomic mass is 32.2. The maximum atomic E-state index is 13.1. The first-order chi connectivity index (χ1) is 7.11. The minimum Gasteiger partial charge on any atom is -0.481 e. The van der Waals surface area contributed by atoms with Crippen molar-refractivity contribution in [3.8, 4) is 0 Å². The van der Waals surface area contributed by atoms with Crippen molar-refractivity contribution >= 4 is 17.7 Å². The van der Waals surface area contributed by atoms with E-state index >= 15 is 0 Å². The predicted octanol–water partition coefficient (Wildman–Crippen LogP) is 2.67. The van der Waals surface area contributed by atoms with Crippen LogP contribution in [0.25, 0.3) is 0 Å². The molecule has 0 aliphatic rings. The summed E-state index contributed by atoms with van der Waals surface area (Å²) < 4.78 is 25.8. The lowest BCUT2D eigenvalue weighted by molar-refractivity contribution is -0.136. The van der Waals surface area contributed by atoms with Crippen LogP contribution in [-0.2, 0) is 10.5 Å². The first-order valence-electron chi connectivity index (χ1n) is 4.33. The van der Waals surface area contributed by atoms with Gasteiger partial charge < -0.3 is 5.11 Å². The molecule has 1 rings (SSSR count). The average molecular weight is 232 g/mol. The number of carbonyl (C=O) groups is 1. The van der Waals surface area contributed by atoms with Gasteiger partial charge in [0.2, 0.25) is 0 Å². The maximum absolute atomic E-state index is 13.1. The highest BCUT2D eigenvalue weighted by molar-refractivity contribution is 7.98. The Labute approximate surface area is 90.3 Å². The van der Waals surface area contributed by atoms with Crippen LogP contribution in [0.4, 0.5) is 8.78 Å². The van der Waals surface area contributed by atoms with Crippen molar-refractivity contribution in [3.63, 3.8) is 0 Å². The normalized spacial score (nSPS) is 10.3. The minimum atomic E-state index is -0.887. The van der Waals surface area contributed by atoms with Gasteiger partial charge in [-0.25, -0.2) is 8.78 Å². The number of hydrogen-bond acceptors (Lipinski definition) is 2. The highest BCUT2D eigenvalue weighted by Gasteiger charge is 2.07. The van der Waals surface area contributed by atoms with Crippen molar-refractivity contribution in [3.05, 3.63) is 35.4 Å². The van der Waals surface area contributed by atoms with Crippen molar-refractivity contribution in [1.29, 1.82) is 0 Å². The first-order valence-corrected chi connectivity index (χ1v) is 5.49. The Hall–Kier alpha value is -1.10. The third-order valence-corrected chi connectivity index (χ3v) is 2.76. The molecule has 1 N–H and O–H groups in total. The fourth-order valence-electron chi connectivity index (χ4n) is 1.00. The van der Waals surface area contributed by atoms with Crippen LogP contribution in [-0.4, -0.2) is 16.8 Å². The van der Waals surface area contributed by atoms with Crippen molar-refractivity contribution < 1.29 is 18.7 Å². The molecule has 0 atom stereocenters. The average Bonchev–Trinajstić information content (AvgIpc) is 2.18. The minimum absolute atomic E-state index is 0.0294. The lowest BCUT2D eigenvalue weighted by Crippen LogP contribution is -1.97. The Morgan fingerprint density at radius 1 is 1.40 bits per heavy atom. The number of halogens is 2. The molecule has 1 aromatic rings. The lowest BCUT2D eigenvalue weighted by atomic mass is 10.2. The van der Waals surface area contributed by atoms with Crippen LogP contribution in [0.2, 0.25) is 0 Å². The molecule has 0 aromatic heterocycles. The molecule has 0 amide bonds. The zero-order valence-electron chi connectivity index (χ0n) is 7.87. The highest BCUT2D eigenvalue weighted by Crippen LogP contribution is 2.18. The van der Waals surface area contributed by atoms with Crippen LogP contribution in [0.3, 0.4) is 0 Å². The van der Waals surface area contributed by atoms with Gasteiger partial charge in [-0.3, -0.25) is 4.79 Å². The Bertz CT molecular complexity index is 355. The van der Waals surface area contributed by atoms with E-state index in [1.807, 2.05) is 0 Å². The molecule has 0 spiro atoms. The van der Waals surface area contributed by atoms with Gasteiger partial charge in [0.05, 0.1) is 6.42 Å². The van der Waals surface area contributed by atoms with Crippen molar-refractivity contribution in [1.82, 2.24) is 0 Å². The molecule has 0 saturated heterocycles. The topological polar surface area (TPSA) is 37.3 Å². The predicted molar refractivity (Wildman–Crippen MR) is 54.8 cm³/mol. The number of rotatable bonds is 5. The smallest absolute Gasteiger partial charge is 0.304 e. The van der Waals surface area contributed by atoms with E-state index in [1.54, 1.807) is 0 Å². The van der Waals surface area contributed by atoms with Gasteiger partial charge in [0.25, 0.3) is 0 Å². The molecule has 5 heteroatoms. The summed E-state index contributed by atoms with van der Waals surface area (Å²) in [6.07, 6.45) is 0.0294. The van der Waals surface area contributed by atoms with E-state index in [9.17, 15) is 13.6 Å². The summed E-state index contributed by atoms with van der Waals surface area (Å²) in [6, 6.07) is 3.98. The van der Waals surface area contributed by atoms with Crippen LogP contribution >= 0.6 is 11.8 Å². The number of benzene rings is 1. The summed E-state index contributed by atoms with van der Waals surface area (Å²) in [5.41, 5.74) is 0.269. The molecule has 0 aliphatic heterocycles. The van der Waals surface area contributed by atoms with E-state index in [-0.39, 0.29) is 17.7 Å². The van der Waals surface area contributed by atoms with Gasteiger partial charge in [0.1, 0.15) is 0 Å². The fraction of sp³-hybridized carbons (Fsp3) is 0.300. The number of hydrogen-bond donors (Lipinski definition) is 1. The zero-order chi connectivity index (χ0) is 11.3. The summed E-state index contributed by atoms with van der Waals surface area (Å²) in [4.78, 5) is 10.2. The lowest BCUT2D eigenvalue weighted by Gasteiger charge is -2.02. The third kappa shape index (κ3) is 3.87.